The first-order valence-electron chi connectivity index (χ1n) is 3.86. The molecule has 0 spiro atoms. The Labute approximate surface area is 51.3 Å². The lowest BCUT2D eigenvalue weighted by molar-refractivity contribution is 0.185. The van der Waals surface area contributed by atoms with E-state index in [1.807, 2.05) is 0 Å². The van der Waals surface area contributed by atoms with Gasteiger partial charge in [0.1, 0.15) is 0 Å². The maximum Gasteiger partial charge on any atom is -0.0381 e. The lowest BCUT2D eigenvalue weighted by atomic mass is 9.73. The molecule has 2 saturated carbocycles. The molecule has 0 saturated heterocycles. The number of hydrogen-bond acceptors (Lipinski definition) is 0. The zero-order valence-corrected chi connectivity index (χ0v) is 5.56. The van der Waals surface area contributed by atoms with Crippen LogP contribution in [0, 0.1) is 17.8 Å². The van der Waals surface area contributed by atoms with Crippen molar-refractivity contribution in [2.24, 2.45) is 17.8 Å². The molecule has 0 aromatic rings. The summed E-state index contributed by atoms with van der Waals surface area (Å²) in [5, 5.41) is 0. The summed E-state index contributed by atoms with van der Waals surface area (Å²) in [6.45, 7) is 2.37. The van der Waals surface area contributed by atoms with Gasteiger partial charge >= 0.3 is 0 Å². The highest BCUT2D eigenvalue weighted by Crippen LogP contribution is 2.49. The Hall–Kier alpha value is 0. The van der Waals surface area contributed by atoms with Gasteiger partial charge in [-0.25, -0.2) is 0 Å². The van der Waals surface area contributed by atoms with Gasteiger partial charge in [0, 0.05) is 0 Å². The fourth-order valence-corrected chi connectivity index (χ4v) is 1.92. The van der Waals surface area contributed by atoms with Gasteiger partial charge in [-0.1, -0.05) is 6.92 Å². The molecule has 0 atom stereocenters. The molecule has 2 rings (SSSR count). The third-order valence-electron chi connectivity index (χ3n) is 2.70. The molecule has 46 valence electrons. The Morgan fingerprint density at radius 2 is 1.62 bits per heavy atom. The summed E-state index contributed by atoms with van der Waals surface area (Å²) in [5.41, 5.74) is 0. The van der Waals surface area contributed by atoms with Gasteiger partial charge in [-0.15, -0.1) is 0 Å². The van der Waals surface area contributed by atoms with E-state index in [1.165, 1.54) is 11.8 Å². The van der Waals surface area contributed by atoms with Crippen molar-refractivity contribution in [1.82, 2.24) is 0 Å². The van der Waals surface area contributed by atoms with E-state index in [0.29, 0.717) is 0 Å². The predicted octanol–water partition coefficient (Wildman–Crippen LogP) is 2.44. The molecule has 0 heterocycles. The fourth-order valence-electron chi connectivity index (χ4n) is 1.92. The first kappa shape index (κ1) is 4.84. The van der Waals surface area contributed by atoms with Crippen LogP contribution in [0.2, 0.25) is 0 Å². The van der Waals surface area contributed by atoms with Crippen LogP contribution in [0.25, 0.3) is 0 Å². The van der Waals surface area contributed by atoms with Crippen molar-refractivity contribution < 1.29 is 0 Å². The normalized spacial score (nSPS) is 46.1. The Morgan fingerprint density at radius 1 is 1.00 bits per heavy atom. The summed E-state index contributed by atoms with van der Waals surface area (Å²) < 4.78 is 0. The standard InChI is InChI=1S/C8H14/c1-6-4-8(5-6)7-2-3-7/h6-8H,2-5H2,1H3. The average molecular weight is 110 g/mol. The van der Waals surface area contributed by atoms with Gasteiger partial charge in [0.05, 0.1) is 0 Å². The molecule has 2 aliphatic rings. The monoisotopic (exact) mass is 110 g/mol. The molecule has 0 bridgehead atoms. The first-order valence-corrected chi connectivity index (χ1v) is 3.86. The molecule has 0 aromatic heterocycles. The highest BCUT2D eigenvalue weighted by molar-refractivity contribution is 4.88. The third kappa shape index (κ3) is 0.667. The van der Waals surface area contributed by atoms with Crippen molar-refractivity contribution in [3.05, 3.63) is 0 Å². The van der Waals surface area contributed by atoms with Crippen LogP contribution >= 0.6 is 0 Å². The van der Waals surface area contributed by atoms with E-state index in [2.05, 4.69) is 6.92 Å². The highest BCUT2D eigenvalue weighted by atomic mass is 14.4. The largest absolute Gasteiger partial charge is 0.0625 e. The van der Waals surface area contributed by atoms with E-state index in [9.17, 15) is 0 Å². The molecule has 0 nitrogen and oxygen atoms in total. The zero-order valence-electron chi connectivity index (χ0n) is 5.56. The van der Waals surface area contributed by atoms with E-state index in [0.717, 1.165) is 5.92 Å². The fraction of sp³-hybridized carbons (Fsp3) is 1.00. The average Bonchev–Trinajstić information content (AvgIpc) is 2.37. The molecule has 0 amide bonds. The molecule has 0 radical (unpaired) electrons. The molecular formula is C8H14. The third-order valence-corrected chi connectivity index (χ3v) is 2.70. The second-order valence-corrected chi connectivity index (χ2v) is 3.67. The quantitative estimate of drug-likeness (QED) is 0.486. The predicted molar refractivity (Wildman–Crippen MR) is 34.6 cm³/mol. The lowest BCUT2D eigenvalue weighted by Crippen LogP contribution is -2.22. The molecule has 0 heteroatoms. The van der Waals surface area contributed by atoms with Crippen molar-refractivity contribution in [3.8, 4) is 0 Å². The molecule has 8 heavy (non-hydrogen) atoms. The Morgan fingerprint density at radius 3 is 2.00 bits per heavy atom. The van der Waals surface area contributed by atoms with Crippen LogP contribution in [0.1, 0.15) is 32.6 Å². The second-order valence-electron chi connectivity index (χ2n) is 3.67. The molecule has 0 N–H and O–H groups in total. The second kappa shape index (κ2) is 1.49. The van der Waals surface area contributed by atoms with E-state index in [-0.39, 0.29) is 0 Å². The molecule has 0 aromatic carbocycles. The van der Waals surface area contributed by atoms with Crippen LogP contribution in [0.15, 0.2) is 0 Å². The van der Waals surface area contributed by atoms with Gasteiger partial charge in [-0.05, 0) is 43.4 Å². The maximum absolute atomic E-state index is 2.37. The summed E-state index contributed by atoms with van der Waals surface area (Å²) in [5.74, 6) is 3.43. The van der Waals surface area contributed by atoms with E-state index in [4.69, 9.17) is 0 Å². The summed E-state index contributed by atoms with van der Waals surface area (Å²) in [4.78, 5) is 0. The summed E-state index contributed by atoms with van der Waals surface area (Å²) >= 11 is 0. The van der Waals surface area contributed by atoms with Crippen LogP contribution < -0.4 is 0 Å². The van der Waals surface area contributed by atoms with Gasteiger partial charge in [0.25, 0.3) is 0 Å². The van der Waals surface area contributed by atoms with Crippen molar-refractivity contribution in [1.29, 1.82) is 0 Å². The smallest absolute Gasteiger partial charge is 0.0381 e. The van der Waals surface area contributed by atoms with Crippen LogP contribution in [-0.4, -0.2) is 0 Å². The van der Waals surface area contributed by atoms with Crippen molar-refractivity contribution in [3.63, 3.8) is 0 Å². The van der Waals surface area contributed by atoms with Crippen LogP contribution in [0.5, 0.6) is 0 Å². The highest BCUT2D eigenvalue weighted by Gasteiger charge is 2.37. The van der Waals surface area contributed by atoms with Crippen molar-refractivity contribution in [2.75, 3.05) is 0 Å². The minimum Gasteiger partial charge on any atom is -0.0625 e. The zero-order chi connectivity index (χ0) is 5.56. The minimum atomic E-state index is 1.07. The van der Waals surface area contributed by atoms with E-state index < -0.39 is 0 Å². The SMILES string of the molecule is CC1CC(C2CC2)C1. The van der Waals surface area contributed by atoms with Gasteiger partial charge in [0.15, 0.2) is 0 Å². The van der Waals surface area contributed by atoms with Gasteiger partial charge < -0.3 is 0 Å². The molecule has 2 aliphatic carbocycles. The molecule has 2 fully saturated rings. The van der Waals surface area contributed by atoms with Crippen LogP contribution in [0.3, 0.4) is 0 Å². The van der Waals surface area contributed by atoms with Crippen LogP contribution in [-0.2, 0) is 0 Å². The number of rotatable bonds is 1. The van der Waals surface area contributed by atoms with Crippen molar-refractivity contribution in [2.45, 2.75) is 32.6 Å². The topological polar surface area (TPSA) is 0 Å². The van der Waals surface area contributed by atoms with Crippen molar-refractivity contribution >= 4 is 0 Å². The Kier molecular flexibility index (Phi) is 0.902. The maximum atomic E-state index is 2.37. The van der Waals surface area contributed by atoms with E-state index >= 15 is 0 Å². The summed E-state index contributed by atoms with van der Waals surface area (Å²) in [6.07, 6.45) is 6.20. The molecule has 0 unspecified atom stereocenters. The minimum absolute atomic E-state index is 1.07. The van der Waals surface area contributed by atoms with Gasteiger partial charge in [0.2, 0.25) is 0 Å². The Bertz CT molecular complexity index is 86.2. The Balaban J connectivity index is 1.78. The van der Waals surface area contributed by atoms with E-state index in [1.54, 1.807) is 25.7 Å². The molecular weight excluding hydrogens is 96.1 g/mol. The molecule has 0 aliphatic heterocycles. The summed E-state index contributed by atoms with van der Waals surface area (Å²) in [6, 6.07) is 0. The lowest BCUT2D eigenvalue weighted by Gasteiger charge is -2.32. The van der Waals surface area contributed by atoms with Gasteiger partial charge in [-0.2, -0.15) is 0 Å². The number of hydrogen-bond donors (Lipinski definition) is 0. The first-order chi connectivity index (χ1) is 3.86. The van der Waals surface area contributed by atoms with Crippen LogP contribution in [0.4, 0.5) is 0 Å². The van der Waals surface area contributed by atoms with Gasteiger partial charge in [-0.3, -0.25) is 0 Å². The summed E-state index contributed by atoms with van der Waals surface area (Å²) in [7, 11) is 0.